The van der Waals surface area contributed by atoms with Crippen LogP contribution in [0.1, 0.15) is 39.5 Å². The van der Waals surface area contributed by atoms with Crippen molar-refractivity contribution in [3.63, 3.8) is 0 Å². The molecular formula is C15H22O7. The first-order chi connectivity index (χ1) is 10.3. The first-order valence-corrected chi connectivity index (χ1v) is 7.24. The van der Waals surface area contributed by atoms with Crippen LogP contribution in [0.15, 0.2) is 12.2 Å². The fourth-order valence-corrected chi connectivity index (χ4v) is 1.75. The van der Waals surface area contributed by atoms with E-state index in [1.54, 1.807) is 0 Å². The predicted molar refractivity (Wildman–Crippen MR) is 76.1 cm³/mol. The van der Waals surface area contributed by atoms with E-state index in [2.05, 4.69) is 6.58 Å². The molecule has 7 nitrogen and oxygen atoms in total. The van der Waals surface area contributed by atoms with Gasteiger partial charge in [-0.2, -0.15) is 0 Å². The van der Waals surface area contributed by atoms with Gasteiger partial charge in [-0.1, -0.05) is 26.3 Å². The van der Waals surface area contributed by atoms with Crippen LogP contribution in [-0.2, 0) is 28.6 Å². The highest BCUT2D eigenvalue weighted by Crippen LogP contribution is 2.25. The summed E-state index contributed by atoms with van der Waals surface area (Å²) in [6.45, 7) is 7.13. The molecule has 2 unspecified atom stereocenters. The number of ether oxygens (including phenoxy) is 3. The third-order valence-corrected chi connectivity index (χ3v) is 3.23. The summed E-state index contributed by atoms with van der Waals surface area (Å²) >= 11 is 0. The Morgan fingerprint density at radius 1 is 1.36 bits per heavy atom. The molecular weight excluding hydrogens is 292 g/mol. The molecule has 0 aliphatic carbocycles. The topological polar surface area (TPSA) is 102 Å². The number of unbranched alkanes of at least 4 members (excludes halogenated alkanes) is 2. The van der Waals surface area contributed by atoms with Crippen molar-refractivity contribution in [2.75, 3.05) is 13.2 Å². The maximum absolute atomic E-state index is 12.2. The third kappa shape index (κ3) is 4.84. The molecule has 1 aliphatic rings. The van der Waals surface area contributed by atoms with Crippen molar-refractivity contribution in [2.24, 2.45) is 0 Å². The van der Waals surface area contributed by atoms with Crippen molar-refractivity contribution in [2.45, 2.75) is 51.2 Å². The first-order valence-electron chi connectivity index (χ1n) is 7.24. The molecule has 0 amide bonds. The molecule has 1 N–H and O–H groups in total. The van der Waals surface area contributed by atoms with Crippen LogP contribution >= 0.6 is 0 Å². The first kappa shape index (κ1) is 18.2. The lowest BCUT2D eigenvalue weighted by Crippen LogP contribution is -2.52. The second-order valence-corrected chi connectivity index (χ2v) is 5.31. The molecule has 2 atom stereocenters. The molecule has 7 heteroatoms. The van der Waals surface area contributed by atoms with Gasteiger partial charge in [0.05, 0.1) is 6.61 Å². The van der Waals surface area contributed by atoms with Gasteiger partial charge in [0.1, 0.15) is 12.7 Å². The summed E-state index contributed by atoms with van der Waals surface area (Å²) in [5.41, 5.74) is -2.32. The Bertz CT molecular complexity index is 453. The molecule has 22 heavy (non-hydrogen) atoms. The molecule has 124 valence electrons. The minimum atomic E-state index is -2.33. The van der Waals surface area contributed by atoms with Gasteiger partial charge in [0, 0.05) is 12.0 Å². The molecule has 0 aromatic rings. The van der Waals surface area contributed by atoms with E-state index in [0.29, 0.717) is 19.4 Å². The molecule has 0 radical (unpaired) electrons. The maximum atomic E-state index is 12.2. The highest BCUT2D eigenvalue weighted by Gasteiger charge is 2.52. The summed E-state index contributed by atoms with van der Waals surface area (Å²) in [6.07, 6.45) is 1.61. The van der Waals surface area contributed by atoms with Gasteiger partial charge in [-0.3, -0.25) is 0 Å². The molecule has 1 fully saturated rings. The summed E-state index contributed by atoms with van der Waals surface area (Å²) in [5.74, 6) is -3.56. The number of hydrogen-bond acceptors (Lipinski definition) is 6. The van der Waals surface area contributed by atoms with Crippen LogP contribution in [-0.4, -0.2) is 47.9 Å². The lowest BCUT2D eigenvalue weighted by atomic mass is 9.95. The van der Waals surface area contributed by atoms with E-state index in [0.717, 1.165) is 6.42 Å². The second kappa shape index (κ2) is 7.93. The molecule has 1 saturated heterocycles. The summed E-state index contributed by atoms with van der Waals surface area (Å²) in [5, 5.41) is 9.47. The number of carbonyl (C=O) groups is 3. The molecule has 1 aliphatic heterocycles. The zero-order chi connectivity index (χ0) is 16.8. The van der Waals surface area contributed by atoms with Crippen molar-refractivity contribution >= 4 is 17.9 Å². The van der Waals surface area contributed by atoms with Gasteiger partial charge in [0.25, 0.3) is 0 Å². The van der Waals surface area contributed by atoms with Crippen molar-refractivity contribution in [1.82, 2.24) is 0 Å². The van der Waals surface area contributed by atoms with Crippen LogP contribution in [0.25, 0.3) is 0 Å². The largest absolute Gasteiger partial charge is 0.478 e. The third-order valence-electron chi connectivity index (χ3n) is 3.23. The Morgan fingerprint density at radius 3 is 2.45 bits per heavy atom. The molecule has 0 saturated carbocycles. The zero-order valence-electron chi connectivity index (χ0n) is 12.9. The lowest BCUT2D eigenvalue weighted by Gasteiger charge is -2.27. The van der Waals surface area contributed by atoms with Gasteiger partial charge < -0.3 is 19.3 Å². The van der Waals surface area contributed by atoms with Gasteiger partial charge in [-0.05, 0) is 13.3 Å². The van der Waals surface area contributed by atoms with Crippen molar-refractivity contribution < 1.29 is 33.7 Å². The maximum Gasteiger partial charge on any atom is 0.362 e. The van der Waals surface area contributed by atoms with Gasteiger partial charge in [0.2, 0.25) is 0 Å². The van der Waals surface area contributed by atoms with Crippen molar-refractivity contribution in [3.8, 4) is 0 Å². The van der Waals surface area contributed by atoms with Crippen molar-refractivity contribution in [3.05, 3.63) is 12.2 Å². The summed E-state index contributed by atoms with van der Waals surface area (Å²) < 4.78 is 14.8. The molecule has 0 bridgehead atoms. The van der Waals surface area contributed by atoms with Crippen LogP contribution in [0.5, 0.6) is 0 Å². The molecule has 0 spiro atoms. The number of carboxylic acid groups (broad SMARTS) is 1. The molecule has 0 aromatic carbocycles. The fraction of sp³-hybridized carbons (Fsp3) is 0.667. The summed E-state index contributed by atoms with van der Waals surface area (Å²) in [6, 6.07) is 0. The van der Waals surface area contributed by atoms with Crippen LogP contribution in [0.3, 0.4) is 0 Å². The standard InChI is InChI=1S/C15H22O7/c1-4-5-6-7-15(13(17)18,22-12(16)10(2)3)14(19)21-9-11-8-20-11/h11H,2,4-9H2,1,3H3,(H,17,18). The Kier molecular flexibility index (Phi) is 6.55. The highest BCUT2D eigenvalue weighted by molar-refractivity contribution is 6.05. The number of rotatable bonds is 10. The van der Waals surface area contributed by atoms with Gasteiger partial charge >= 0.3 is 23.5 Å². The lowest BCUT2D eigenvalue weighted by molar-refractivity contribution is -0.193. The minimum absolute atomic E-state index is 0.0134. The number of hydrogen-bond donors (Lipinski definition) is 1. The van der Waals surface area contributed by atoms with E-state index < -0.39 is 23.5 Å². The number of aliphatic carboxylic acids is 1. The van der Waals surface area contributed by atoms with E-state index in [9.17, 15) is 19.5 Å². The molecule has 1 heterocycles. The van der Waals surface area contributed by atoms with E-state index in [1.165, 1.54) is 6.92 Å². The normalized spacial score (nSPS) is 18.9. The number of carbonyl (C=O) groups excluding carboxylic acids is 2. The summed E-state index contributed by atoms with van der Waals surface area (Å²) in [7, 11) is 0. The number of carboxylic acids is 1. The number of epoxide rings is 1. The molecule has 0 aromatic heterocycles. The number of esters is 2. The van der Waals surface area contributed by atoms with Gasteiger partial charge in [-0.25, -0.2) is 14.4 Å². The average molecular weight is 314 g/mol. The van der Waals surface area contributed by atoms with Gasteiger partial charge in [0.15, 0.2) is 0 Å². The average Bonchev–Trinajstić information content (AvgIpc) is 3.27. The fourth-order valence-electron chi connectivity index (χ4n) is 1.75. The highest BCUT2D eigenvalue weighted by atomic mass is 16.6. The van der Waals surface area contributed by atoms with E-state index in [4.69, 9.17) is 14.2 Å². The monoisotopic (exact) mass is 314 g/mol. The van der Waals surface area contributed by atoms with E-state index in [1.807, 2.05) is 6.92 Å². The van der Waals surface area contributed by atoms with Crippen LogP contribution < -0.4 is 0 Å². The predicted octanol–water partition coefficient (Wildman–Crippen LogP) is 1.45. The Labute approximate surface area is 129 Å². The van der Waals surface area contributed by atoms with Crippen molar-refractivity contribution in [1.29, 1.82) is 0 Å². The van der Waals surface area contributed by atoms with Crippen LogP contribution in [0, 0.1) is 0 Å². The smallest absolute Gasteiger partial charge is 0.362 e. The quantitative estimate of drug-likeness (QED) is 0.214. The second-order valence-electron chi connectivity index (χ2n) is 5.31. The van der Waals surface area contributed by atoms with Gasteiger partial charge in [-0.15, -0.1) is 0 Å². The van der Waals surface area contributed by atoms with E-state index >= 15 is 0 Å². The zero-order valence-corrected chi connectivity index (χ0v) is 12.9. The molecule has 1 rings (SSSR count). The SMILES string of the molecule is C=C(C)C(=O)OC(CCCCC)(C(=O)O)C(=O)OCC1CO1. The Morgan fingerprint density at radius 2 is 2.00 bits per heavy atom. The minimum Gasteiger partial charge on any atom is -0.478 e. The van der Waals surface area contributed by atoms with Crippen LogP contribution in [0.4, 0.5) is 0 Å². The van der Waals surface area contributed by atoms with Crippen LogP contribution in [0.2, 0.25) is 0 Å². The van der Waals surface area contributed by atoms with E-state index in [-0.39, 0.29) is 24.7 Å². The Hall–Kier alpha value is -1.89. The Balaban J connectivity index is 2.89. The summed E-state index contributed by atoms with van der Waals surface area (Å²) in [4.78, 5) is 35.6.